The van der Waals surface area contributed by atoms with E-state index in [1.807, 2.05) is 0 Å². The third-order valence-corrected chi connectivity index (χ3v) is 9.83. The highest BCUT2D eigenvalue weighted by Gasteiger charge is 2.21. The van der Waals surface area contributed by atoms with Gasteiger partial charge in [0.1, 0.15) is 0 Å². The lowest BCUT2D eigenvalue weighted by Gasteiger charge is -2.30. The fourth-order valence-electron chi connectivity index (χ4n) is 7.38. The summed E-state index contributed by atoms with van der Waals surface area (Å²) in [4.78, 5) is 2.45. The van der Waals surface area contributed by atoms with E-state index >= 15 is 0 Å². The molecule has 0 aliphatic heterocycles. The average Bonchev–Trinajstić information content (AvgIpc) is 3.21. The minimum absolute atomic E-state index is 1.10. The molecule has 0 saturated carbocycles. The first-order valence-electron chi connectivity index (χ1n) is 17.5. The zero-order chi connectivity index (χ0) is 34.0. The minimum atomic E-state index is 1.10. The van der Waals surface area contributed by atoms with Gasteiger partial charge in [0, 0.05) is 16.9 Å². The molecule has 0 radical (unpaired) electrons. The maximum atomic E-state index is 2.45. The number of hydrogen-bond acceptors (Lipinski definition) is 1. The molecule has 0 amide bonds. The summed E-state index contributed by atoms with van der Waals surface area (Å²) in [7, 11) is 0. The molecule has 0 aliphatic carbocycles. The fourth-order valence-corrected chi connectivity index (χ4v) is 7.38. The van der Waals surface area contributed by atoms with Gasteiger partial charge in [-0.05, 0) is 96.9 Å². The van der Waals surface area contributed by atoms with E-state index in [-0.39, 0.29) is 0 Å². The second kappa shape index (κ2) is 13.3. The molecule has 0 saturated heterocycles. The molecule has 1 nitrogen and oxygen atoms in total. The van der Waals surface area contributed by atoms with Crippen LogP contribution in [0.25, 0.3) is 66.1 Å². The molecule has 0 aromatic heterocycles. The molecule has 9 aromatic carbocycles. The van der Waals surface area contributed by atoms with E-state index in [1.54, 1.807) is 0 Å². The Morgan fingerprint density at radius 2 is 0.784 bits per heavy atom. The van der Waals surface area contributed by atoms with Gasteiger partial charge in [-0.25, -0.2) is 0 Å². The first-order chi connectivity index (χ1) is 25.3. The van der Waals surface area contributed by atoms with Gasteiger partial charge >= 0.3 is 0 Å². The van der Waals surface area contributed by atoms with Crippen LogP contribution in [0.2, 0.25) is 0 Å². The van der Waals surface area contributed by atoms with Crippen molar-refractivity contribution in [1.29, 1.82) is 0 Å². The molecule has 9 rings (SSSR count). The number of nitrogens with zero attached hydrogens (tertiary/aromatic N) is 1. The molecule has 0 atom stereocenters. The van der Waals surface area contributed by atoms with E-state index in [0.717, 1.165) is 17.1 Å². The molecular formula is C50H35N. The lowest BCUT2D eigenvalue weighted by molar-refractivity contribution is 1.29. The smallest absolute Gasteiger partial charge is 0.0540 e. The number of rotatable bonds is 7. The molecule has 0 bridgehead atoms. The minimum Gasteiger partial charge on any atom is -0.310 e. The summed E-state index contributed by atoms with van der Waals surface area (Å²) in [6.45, 7) is 0. The van der Waals surface area contributed by atoms with E-state index in [9.17, 15) is 0 Å². The average molecular weight is 650 g/mol. The van der Waals surface area contributed by atoms with Crippen molar-refractivity contribution in [2.24, 2.45) is 0 Å². The topological polar surface area (TPSA) is 3.24 Å². The van der Waals surface area contributed by atoms with Crippen LogP contribution in [0.4, 0.5) is 17.1 Å². The maximum absolute atomic E-state index is 2.45. The summed E-state index contributed by atoms with van der Waals surface area (Å²) in [5, 5.41) is 4.92. The summed E-state index contributed by atoms with van der Waals surface area (Å²) >= 11 is 0. The van der Waals surface area contributed by atoms with Gasteiger partial charge < -0.3 is 4.90 Å². The van der Waals surface area contributed by atoms with Crippen molar-refractivity contribution >= 4 is 38.6 Å². The van der Waals surface area contributed by atoms with Gasteiger partial charge in [-0.15, -0.1) is 0 Å². The number of hydrogen-bond donors (Lipinski definition) is 0. The van der Waals surface area contributed by atoms with Crippen LogP contribution in [-0.4, -0.2) is 0 Å². The first kappa shape index (κ1) is 30.4. The summed E-state index contributed by atoms with van der Waals surface area (Å²) in [6, 6.07) is 76.8. The van der Waals surface area contributed by atoms with E-state index < -0.39 is 0 Å². The molecule has 51 heavy (non-hydrogen) atoms. The Kier molecular flexibility index (Phi) is 7.92. The van der Waals surface area contributed by atoms with Crippen LogP contribution in [0.15, 0.2) is 212 Å². The largest absolute Gasteiger partial charge is 0.310 e. The highest BCUT2D eigenvalue weighted by atomic mass is 15.1. The summed E-state index contributed by atoms with van der Waals surface area (Å²) in [5.74, 6) is 0. The van der Waals surface area contributed by atoms with Crippen LogP contribution >= 0.6 is 0 Å². The predicted octanol–water partition coefficient (Wildman–Crippen LogP) is 14.1. The zero-order valence-electron chi connectivity index (χ0n) is 28.2. The molecule has 0 heterocycles. The summed E-state index contributed by atoms with van der Waals surface area (Å²) < 4.78 is 0. The molecule has 0 fully saturated rings. The standard InChI is InChI=1S/C50H35N/c1-4-16-36(17-5-1)40-25-14-26-43(32-40)51(50-31-30-41(37-18-6-2-7-19-37)34-48(50)39-20-8-3-9-21-39)44-33-42-23-11-13-28-46(42)49(35-44)47-29-15-24-38-22-10-12-27-45(38)47/h1-35H. The Hall–Kier alpha value is -6.70. The molecule has 1 heteroatoms. The van der Waals surface area contributed by atoms with E-state index in [2.05, 4.69) is 217 Å². The molecular weight excluding hydrogens is 615 g/mol. The Balaban J connectivity index is 1.34. The molecule has 9 aromatic rings. The molecule has 0 unspecified atom stereocenters. The number of benzene rings is 9. The monoisotopic (exact) mass is 649 g/mol. The van der Waals surface area contributed by atoms with Gasteiger partial charge in [-0.1, -0.05) is 176 Å². The SMILES string of the molecule is c1ccc(-c2cccc(N(c3cc(-c4cccc5ccccc45)c4ccccc4c3)c3ccc(-c4ccccc4)cc3-c3ccccc3)c2)cc1. The fraction of sp³-hybridized carbons (Fsp3) is 0. The third-order valence-electron chi connectivity index (χ3n) is 9.83. The van der Waals surface area contributed by atoms with Crippen LogP contribution in [0.1, 0.15) is 0 Å². The van der Waals surface area contributed by atoms with Crippen molar-refractivity contribution in [3.05, 3.63) is 212 Å². The predicted molar refractivity (Wildman–Crippen MR) is 218 cm³/mol. The quantitative estimate of drug-likeness (QED) is 0.166. The first-order valence-corrected chi connectivity index (χ1v) is 17.5. The van der Waals surface area contributed by atoms with Crippen molar-refractivity contribution in [2.75, 3.05) is 4.90 Å². The molecule has 0 N–H and O–H groups in total. The van der Waals surface area contributed by atoms with Crippen LogP contribution in [0, 0.1) is 0 Å². The van der Waals surface area contributed by atoms with Gasteiger partial charge in [0.25, 0.3) is 0 Å². The van der Waals surface area contributed by atoms with Gasteiger partial charge in [0.2, 0.25) is 0 Å². The Morgan fingerprint density at radius 3 is 1.49 bits per heavy atom. The van der Waals surface area contributed by atoms with Crippen molar-refractivity contribution < 1.29 is 0 Å². The van der Waals surface area contributed by atoms with Crippen LogP contribution in [0.3, 0.4) is 0 Å². The zero-order valence-corrected chi connectivity index (χ0v) is 28.2. The normalized spacial score (nSPS) is 11.1. The summed E-state index contributed by atoms with van der Waals surface area (Å²) in [5.41, 5.74) is 12.8. The highest BCUT2D eigenvalue weighted by Crippen LogP contribution is 2.46. The second-order valence-electron chi connectivity index (χ2n) is 13.0. The van der Waals surface area contributed by atoms with Crippen molar-refractivity contribution in [3.8, 4) is 44.5 Å². The van der Waals surface area contributed by atoms with E-state index in [0.29, 0.717) is 0 Å². The Morgan fingerprint density at radius 1 is 0.255 bits per heavy atom. The lowest BCUT2D eigenvalue weighted by atomic mass is 9.92. The summed E-state index contributed by atoms with van der Waals surface area (Å²) in [6.07, 6.45) is 0. The van der Waals surface area contributed by atoms with Crippen LogP contribution in [-0.2, 0) is 0 Å². The van der Waals surface area contributed by atoms with Crippen molar-refractivity contribution in [1.82, 2.24) is 0 Å². The highest BCUT2D eigenvalue weighted by molar-refractivity contribution is 6.08. The molecule has 240 valence electrons. The Labute approximate surface area is 299 Å². The number of anilines is 3. The van der Waals surface area contributed by atoms with Gasteiger partial charge in [0.05, 0.1) is 5.69 Å². The van der Waals surface area contributed by atoms with E-state index in [1.165, 1.54) is 66.1 Å². The number of fused-ring (bicyclic) bond motifs is 2. The van der Waals surface area contributed by atoms with Crippen LogP contribution in [0.5, 0.6) is 0 Å². The third kappa shape index (κ3) is 5.86. The second-order valence-corrected chi connectivity index (χ2v) is 13.0. The van der Waals surface area contributed by atoms with Crippen molar-refractivity contribution in [2.45, 2.75) is 0 Å². The van der Waals surface area contributed by atoms with E-state index in [4.69, 9.17) is 0 Å². The molecule has 0 spiro atoms. The Bertz CT molecular complexity index is 2620. The van der Waals surface area contributed by atoms with Crippen LogP contribution < -0.4 is 4.90 Å². The maximum Gasteiger partial charge on any atom is 0.0540 e. The van der Waals surface area contributed by atoms with Crippen molar-refractivity contribution in [3.63, 3.8) is 0 Å². The van der Waals surface area contributed by atoms with Gasteiger partial charge in [-0.3, -0.25) is 0 Å². The molecule has 0 aliphatic rings. The van der Waals surface area contributed by atoms with Gasteiger partial charge in [-0.2, -0.15) is 0 Å². The lowest BCUT2D eigenvalue weighted by Crippen LogP contribution is -2.12. The van der Waals surface area contributed by atoms with Gasteiger partial charge in [0.15, 0.2) is 0 Å².